The van der Waals surface area contributed by atoms with Gasteiger partial charge in [-0.05, 0) is 48.6 Å². The Morgan fingerprint density at radius 3 is 2.42 bits per heavy atom. The molecule has 0 saturated carbocycles. The molecule has 1 heterocycles. The molecule has 2 rings (SSSR count). The molecule has 0 unspecified atom stereocenters. The quantitative estimate of drug-likeness (QED) is 0.895. The van der Waals surface area contributed by atoms with Crippen molar-refractivity contribution in [1.82, 2.24) is 4.98 Å². The number of nitrogen functional groups attached to an aromatic ring is 1. The van der Waals surface area contributed by atoms with Gasteiger partial charge < -0.3 is 10.5 Å². The first-order valence-corrected chi connectivity index (χ1v) is 6.48. The maximum Gasteiger partial charge on any atom is 0.221 e. The number of pyridine rings is 1. The summed E-state index contributed by atoms with van der Waals surface area (Å²) in [5, 5.41) is 0. The van der Waals surface area contributed by atoms with Gasteiger partial charge in [-0.2, -0.15) is 0 Å². The van der Waals surface area contributed by atoms with Crippen LogP contribution in [0.5, 0.6) is 11.6 Å². The van der Waals surface area contributed by atoms with E-state index >= 15 is 0 Å². The highest BCUT2D eigenvalue weighted by Crippen LogP contribution is 2.27. The first-order chi connectivity index (χ1) is 8.97. The second-order valence-corrected chi connectivity index (χ2v) is 5.15. The monoisotopic (exact) mass is 256 g/mol. The van der Waals surface area contributed by atoms with Gasteiger partial charge in [-0.15, -0.1) is 0 Å². The summed E-state index contributed by atoms with van der Waals surface area (Å²) in [6.45, 7) is 8.39. The van der Waals surface area contributed by atoms with E-state index in [9.17, 15) is 0 Å². The van der Waals surface area contributed by atoms with Crippen molar-refractivity contribution >= 4 is 5.69 Å². The lowest BCUT2D eigenvalue weighted by Crippen LogP contribution is -1.96. The van der Waals surface area contributed by atoms with Gasteiger partial charge >= 0.3 is 0 Å². The van der Waals surface area contributed by atoms with Gasteiger partial charge in [0.1, 0.15) is 5.75 Å². The van der Waals surface area contributed by atoms with Gasteiger partial charge in [0.2, 0.25) is 5.88 Å². The van der Waals surface area contributed by atoms with Gasteiger partial charge in [0.25, 0.3) is 0 Å². The normalized spacial score (nSPS) is 10.8. The number of ether oxygens (including phenoxy) is 1. The largest absolute Gasteiger partial charge is 0.439 e. The minimum absolute atomic E-state index is 0.516. The van der Waals surface area contributed by atoms with Crippen molar-refractivity contribution in [2.45, 2.75) is 33.6 Å². The van der Waals surface area contributed by atoms with Crippen LogP contribution in [0.2, 0.25) is 0 Å². The van der Waals surface area contributed by atoms with Gasteiger partial charge in [0, 0.05) is 18.0 Å². The zero-order valence-electron chi connectivity index (χ0n) is 11.9. The van der Waals surface area contributed by atoms with Crippen LogP contribution in [0.1, 0.15) is 36.5 Å². The number of hydrogen-bond acceptors (Lipinski definition) is 3. The Kier molecular flexibility index (Phi) is 3.74. The third-order valence-electron chi connectivity index (χ3n) is 3.21. The van der Waals surface area contributed by atoms with Crippen molar-refractivity contribution in [1.29, 1.82) is 0 Å². The van der Waals surface area contributed by atoms with Crippen molar-refractivity contribution in [3.63, 3.8) is 0 Å². The molecular formula is C16H20N2O. The SMILES string of the molecule is Cc1cnc(Oc2ccc(C(C)C)c(C)c2)cc1N. The summed E-state index contributed by atoms with van der Waals surface area (Å²) < 4.78 is 5.74. The van der Waals surface area contributed by atoms with Crippen LogP contribution in [0.4, 0.5) is 5.69 Å². The summed E-state index contributed by atoms with van der Waals surface area (Å²) in [6, 6.07) is 7.86. The minimum Gasteiger partial charge on any atom is -0.439 e. The third kappa shape index (κ3) is 3.05. The zero-order valence-corrected chi connectivity index (χ0v) is 11.9. The van der Waals surface area contributed by atoms with Gasteiger partial charge in [-0.25, -0.2) is 4.98 Å². The lowest BCUT2D eigenvalue weighted by Gasteiger charge is -2.12. The van der Waals surface area contributed by atoms with Crippen LogP contribution in [-0.4, -0.2) is 4.98 Å². The summed E-state index contributed by atoms with van der Waals surface area (Å²) in [4.78, 5) is 4.22. The fourth-order valence-electron chi connectivity index (χ4n) is 2.06. The Bertz CT molecular complexity index is 591. The molecule has 19 heavy (non-hydrogen) atoms. The highest BCUT2D eigenvalue weighted by molar-refractivity contribution is 5.48. The molecule has 3 nitrogen and oxygen atoms in total. The number of anilines is 1. The van der Waals surface area contributed by atoms with Gasteiger partial charge in [-0.3, -0.25) is 0 Å². The Morgan fingerprint density at radius 1 is 1.11 bits per heavy atom. The van der Waals surface area contributed by atoms with Crippen molar-refractivity contribution in [3.8, 4) is 11.6 Å². The van der Waals surface area contributed by atoms with Crippen molar-refractivity contribution < 1.29 is 4.74 Å². The van der Waals surface area contributed by atoms with Crippen molar-refractivity contribution in [2.24, 2.45) is 0 Å². The summed E-state index contributed by atoms with van der Waals surface area (Å²) in [7, 11) is 0. The number of hydrogen-bond donors (Lipinski definition) is 1. The zero-order chi connectivity index (χ0) is 14.0. The molecule has 0 aliphatic carbocycles. The Balaban J connectivity index is 2.24. The van der Waals surface area contributed by atoms with Crippen LogP contribution in [0.3, 0.4) is 0 Å². The first-order valence-electron chi connectivity index (χ1n) is 6.48. The van der Waals surface area contributed by atoms with Crippen LogP contribution in [0.15, 0.2) is 30.5 Å². The molecule has 0 aliphatic heterocycles. The Hall–Kier alpha value is -2.03. The standard InChI is InChI=1S/C16H20N2O/c1-10(2)14-6-5-13(7-11(14)3)19-16-8-15(17)12(4)9-18-16/h5-10H,1-4H3,(H2,17,18). The molecular weight excluding hydrogens is 236 g/mol. The van der Waals surface area contributed by atoms with E-state index in [-0.39, 0.29) is 0 Å². The van der Waals surface area contributed by atoms with Crippen LogP contribution in [-0.2, 0) is 0 Å². The van der Waals surface area contributed by atoms with E-state index in [0.717, 1.165) is 11.3 Å². The summed E-state index contributed by atoms with van der Waals surface area (Å²) in [5.41, 5.74) is 10.1. The molecule has 3 heteroatoms. The molecule has 0 radical (unpaired) electrons. The first kappa shape index (κ1) is 13.4. The maximum atomic E-state index is 5.85. The topological polar surface area (TPSA) is 48.1 Å². The van der Waals surface area contributed by atoms with Crippen LogP contribution < -0.4 is 10.5 Å². The number of benzene rings is 1. The molecule has 0 atom stereocenters. The third-order valence-corrected chi connectivity index (χ3v) is 3.21. The Labute approximate surface area is 114 Å². The van der Waals surface area contributed by atoms with E-state index in [1.807, 2.05) is 19.1 Å². The van der Waals surface area contributed by atoms with E-state index < -0.39 is 0 Å². The van der Waals surface area contributed by atoms with E-state index in [0.29, 0.717) is 17.5 Å². The average molecular weight is 256 g/mol. The number of aromatic nitrogens is 1. The average Bonchev–Trinajstić information content (AvgIpc) is 2.33. The van der Waals surface area contributed by atoms with Crippen LogP contribution in [0.25, 0.3) is 0 Å². The molecule has 0 bridgehead atoms. The second-order valence-electron chi connectivity index (χ2n) is 5.15. The number of nitrogens with zero attached hydrogens (tertiary/aromatic N) is 1. The van der Waals surface area contributed by atoms with Gasteiger partial charge in [0.15, 0.2) is 0 Å². The highest BCUT2D eigenvalue weighted by atomic mass is 16.5. The van der Waals surface area contributed by atoms with E-state index in [1.165, 1.54) is 11.1 Å². The highest BCUT2D eigenvalue weighted by Gasteiger charge is 2.06. The summed E-state index contributed by atoms with van der Waals surface area (Å²) in [6.07, 6.45) is 1.72. The molecule has 2 aromatic rings. The van der Waals surface area contributed by atoms with E-state index in [4.69, 9.17) is 10.5 Å². The summed E-state index contributed by atoms with van der Waals surface area (Å²) in [5.74, 6) is 1.83. The molecule has 1 aromatic heterocycles. The fourth-order valence-corrected chi connectivity index (χ4v) is 2.06. The van der Waals surface area contributed by atoms with Crippen LogP contribution in [0, 0.1) is 13.8 Å². The molecule has 0 spiro atoms. The lowest BCUT2D eigenvalue weighted by atomic mass is 9.98. The predicted molar refractivity (Wildman–Crippen MR) is 78.7 cm³/mol. The summed E-state index contributed by atoms with van der Waals surface area (Å²) >= 11 is 0. The molecule has 2 N–H and O–H groups in total. The molecule has 0 saturated heterocycles. The smallest absolute Gasteiger partial charge is 0.221 e. The molecule has 0 aliphatic rings. The van der Waals surface area contributed by atoms with Crippen LogP contribution >= 0.6 is 0 Å². The van der Waals surface area contributed by atoms with Gasteiger partial charge in [0.05, 0.1) is 0 Å². The molecule has 100 valence electrons. The molecule has 0 fully saturated rings. The second kappa shape index (κ2) is 5.31. The molecule has 1 aromatic carbocycles. The Morgan fingerprint density at radius 2 is 1.84 bits per heavy atom. The van der Waals surface area contributed by atoms with Crippen molar-refractivity contribution in [2.75, 3.05) is 5.73 Å². The molecule has 0 amide bonds. The predicted octanol–water partition coefficient (Wildman–Crippen LogP) is 4.20. The lowest BCUT2D eigenvalue weighted by molar-refractivity contribution is 0.462. The number of aryl methyl sites for hydroxylation is 2. The number of rotatable bonds is 3. The van der Waals surface area contributed by atoms with Crippen molar-refractivity contribution in [3.05, 3.63) is 47.2 Å². The number of nitrogens with two attached hydrogens (primary N) is 1. The maximum absolute atomic E-state index is 5.85. The minimum atomic E-state index is 0.516. The van der Waals surface area contributed by atoms with E-state index in [1.54, 1.807) is 12.3 Å². The van der Waals surface area contributed by atoms with E-state index in [2.05, 4.69) is 31.8 Å². The fraction of sp³-hybridized carbons (Fsp3) is 0.312. The van der Waals surface area contributed by atoms with Gasteiger partial charge in [-0.1, -0.05) is 19.9 Å².